The van der Waals surface area contributed by atoms with Gasteiger partial charge >= 0.3 is 0 Å². The smallest absolute Gasteiger partial charge is 0.159 e. The highest BCUT2D eigenvalue weighted by Gasteiger charge is 1.98. The molecule has 0 atom stereocenters. The van der Waals surface area contributed by atoms with Gasteiger partial charge in [0.1, 0.15) is 0 Å². The lowest BCUT2D eigenvalue weighted by Crippen LogP contribution is -1.89. The predicted octanol–water partition coefficient (Wildman–Crippen LogP) is 2.19. The third-order valence-corrected chi connectivity index (χ3v) is 2.00. The predicted molar refractivity (Wildman–Crippen MR) is 57.0 cm³/mol. The van der Waals surface area contributed by atoms with Crippen LogP contribution in [0.4, 0.5) is 5.69 Å². The molecule has 2 rings (SSSR count). The van der Waals surface area contributed by atoms with Gasteiger partial charge in [-0.2, -0.15) is 0 Å². The molecule has 2 aromatic rings. The van der Waals surface area contributed by atoms with Crippen LogP contribution in [0.1, 0.15) is 0 Å². The second-order valence-electron chi connectivity index (χ2n) is 2.90. The fraction of sp³-hybridized carbons (Fsp3) is 0.0909. The lowest BCUT2D eigenvalue weighted by Gasteiger charge is -2.01. The molecule has 0 fully saturated rings. The van der Waals surface area contributed by atoms with Crippen LogP contribution in [0.25, 0.3) is 11.4 Å². The van der Waals surface area contributed by atoms with Gasteiger partial charge in [-0.25, -0.2) is 9.97 Å². The van der Waals surface area contributed by atoms with E-state index in [1.807, 2.05) is 37.4 Å². The molecular weight excluding hydrogens is 174 g/mol. The van der Waals surface area contributed by atoms with Gasteiger partial charge in [0.2, 0.25) is 0 Å². The Balaban J connectivity index is 2.34. The van der Waals surface area contributed by atoms with Crippen LogP contribution in [-0.2, 0) is 0 Å². The van der Waals surface area contributed by atoms with Gasteiger partial charge in [-0.15, -0.1) is 0 Å². The minimum Gasteiger partial charge on any atom is -0.388 e. The summed E-state index contributed by atoms with van der Waals surface area (Å²) in [7, 11) is 1.90. The fourth-order valence-corrected chi connectivity index (χ4v) is 1.23. The molecule has 0 radical (unpaired) electrons. The molecule has 3 nitrogen and oxygen atoms in total. The van der Waals surface area contributed by atoms with Gasteiger partial charge < -0.3 is 5.32 Å². The number of hydrogen-bond donors (Lipinski definition) is 1. The average Bonchev–Trinajstić information content (AvgIpc) is 2.30. The third-order valence-electron chi connectivity index (χ3n) is 2.00. The van der Waals surface area contributed by atoms with E-state index >= 15 is 0 Å². The number of nitrogens with zero attached hydrogens (tertiary/aromatic N) is 2. The highest BCUT2D eigenvalue weighted by Crippen LogP contribution is 2.16. The van der Waals surface area contributed by atoms with Crippen LogP contribution in [0, 0.1) is 0 Å². The molecule has 1 aromatic carbocycles. The maximum Gasteiger partial charge on any atom is 0.159 e. The minimum absolute atomic E-state index is 0.759. The molecular formula is C11H11N3. The maximum atomic E-state index is 4.17. The van der Waals surface area contributed by atoms with Crippen LogP contribution < -0.4 is 5.32 Å². The second-order valence-corrected chi connectivity index (χ2v) is 2.90. The molecule has 0 aliphatic carbocycles. The van der Waals surface area contributed by atoms with Crippen LogP contribution in [0.3, 0.4) is 0 Å². The Bertz CT molecular complexity index is 395. The Kier molecular flexibility index (Phi) is 2.40. The molecule has 14 heavy (non-hydrogen) atoms. The van der Waals surface area contributed by atoms with E-state index in [9.17, 15) is 0 Å². The Morgan fingerprint density at radius 3 is 2.21 bits per heavy atom. The Labute approximate surface area is 82.8 Å². The molecule has 0 unspecified atom stereocenters. The van der Waals surface area contributed by atoms with E-state index < -0.39 is 0 Å². The average molecular weight is 185 g/mol. The molecule has 1 N–H and O–H groups in total. The number of rotatable bonds is 2. The van der Waals surface area contributed by atoms with Crippen molar-refractivity contribution in [3.63, 3.8) is 0 Å². The van der Waals surface area contributed by atoms with Crippen molar-refractivity contribution in [1.82, 2.24) is 9.97 Å². The zero-order valence-corrected chi connectivity index (χ0v) is 7.94. The summed E-state index contributed by atoms with van der Waals surface area (Å²) in [6, 6.07) is 9.82. The lowest BCUT2D eigenvalue weighted by atomic mass is 10.2. The number of anilines is 1. The summed E-state index contributed by atoms with van der Waals surface area (Å²) in [5.41, 5.74) is 2.12. The van der Waals surface area contributed by atoms with E-state index in [0.29, 0.717) is 0 Å². The first-order chi connectivity index (χ1) is 6.90. The summed E-state index contributed by atoms with van der Waals surface area (Å²) in [5, 5.41) is 3.06. The summed E-state index contributed by atoms with van der Waals surface area (Å²) < 4.78 is 0. The van der Waals surface area contributed by atoms with Crippen molar-refractivity contribution in [2.45, 2.75) is 0 Å². The molecule has 0 aliphatic heterocycles. The number of nitrogens with one attached hydrogen (secondary N) is 1. The molecule has 70 valence electrons. The topological polar surface area (TPSA) is 37.8 Å². The third kappa shape index (κ3) is 1.71. The van der Waals surface area contributed by atoms with Crippen molar-refractivity contribution in [3.05, 3.63) is 42.7 Å². The lowest BCUT2D eigenvalue weighted by molar-refractivity contribution is 1.18. The van der Waals surface area contributed by atoms with Crippen molar-refractivity contribution in [2.24, 2.45) is 0 Å². The number of aromatic nitrogens is 2. The van der Waals surface area contributed by atoms with Crippen LogP contribution in [0.2, 0.25) is 0 Å². The first-order valence-corrected chi connectivity index (χ1v) is 4.45. The maximum absolute atomic E-state index is 4.17. The summed E-state index contributed by atoms with van der Waals surface area (Å²) in [6.07, 6.45) is 3.49. The zero-order chi connectivity index (χ0) is 9.80. The summed E-state index contributed by atoms with van der Waals surface area (Å²) >= 11 is 0. The summed E-state index contributed by atoms with van der Waals surface area (Å²) in [4.78, 5) is 8.35. The molecule has 1 aromatic heterocycles. The Hall–Kier alpha value is -1.90. The van der Waals surface area contributed by atoms with Crippen molar-refractivity contribution in [2.75, 3.05) is 12.4 Å². The van der Waals surface area contributed by atoms with Crippen molar-refractivity contribution < 1.29 is 0 Å². The molecule has 0 saturated heterocycles. The first kappa shape index (κ1) is 8.69. The standard InChI is InChI=1S/C11H11N3/c1-12-10-5-3-9(4-6-10)11-13-7-2-8-14-11/h2-8,12H,1H3. The Morgan fingerprint density at radius 2 is 1.64 bits per heavy atom. The molecule has 0 spiro atoms. The van der Waals surface area contributed by atoms with E-state index in [-0.39, 0.29) is 0 Å². The van der Waals surface area contributed by atoms with E-state index in [4.69, 9.17) is 0 Å². The summed E-state index contributed by atoms with van der Waals surface area (Å²) in [5.74, 6) is 0.759. The highest BCUT2D eigenvalue weighted by molar-refractivity contribution is 5.59. The van der Waals surface area contributed by atoms with Gasteiger partial charge in [0.25, 0.3) is 0 Å². The van der Waals surface area contributed by atoms with Gasteiger partial charge in [-0.1, -0.05) is 0 Å². The van der Waals surface area contributed by atoms with Gasteiger partial charge in [-0.3, -0.25) is 0 Å². The van der Waals surface area contributed by atoms with Crippen LogP contribution in [-0.4, -0.2) is 17.0 Å². The van der Waals surface area contributed by atoms with Crippen molar-refractivity contribution in [1.29, 1.82) is 0 Å². The second kappa shape index (κ2) is 3.87. The molecule has 3 heteroatoms. The molecule has 0 bridgehead atoms. The van der Waals surface area contributed by atoms with E-state index in [1.54, 1.807) is 12.4 Å². The number of benzene rings is 1. The Morgan fingerprint density at radius 1 is 1.00 bits per heavy atom. The van der Waals surface area contributed by atoms with E-state index in [1.165, 1.54) is 0 Å². The van der Waals surface area contributed by atoms with Gasteiger partial charge in [0.15, 0.2) is 5.82 Å². The highest BCUT2D eigenvalue weighted by atomic mass is 14.9. The van der Waals surface area contributed by atoms with Crippen LogP contribution in [0.5, 0.6) is 0 Å². The fourth-order valence-electron chi connectivity index (χ4n) is 1.23. The van der Waals surface area contributed by atoms with E-state index in [0.717, 1.165) is 17.1 Å². The molecule has 0 aliphatic rings. The molecule has 0 amide bonds. The van der Waals surface area contributed by atoms with Gasteiger partial charge in [0.05, 0.1) is 0 Å². The molecule has 1 heterocycles. The normalized spacial score (nSPS) is 9.79. The monoisotopic (exact) mass is 185 g/mol. The summed E-state index contributed by atoms with van der Waals surface area (Å²) in [6.45, 7) is 0. The van der Waals surface area contributed by atoms with Gasteiger partial charge in [-0.05, 0) is 30.3 Å². The largest absolute Gasteiger partial charge is 0.388 e. The zero-order valence-electron chi connectivity index (χ0n) is 7.94. The van der Waals surface area contributed by atoms with E-state index in [2.05, 4.69) is 15.3 Å². The quantitative estimate of drug-likeness (QED) is 0.779. The number of hydrogen-bond acceptors (Lipinski definition) is 3. The first-order valence-electron chi connectivity index (χ1n) is 4.45. The van der Waals surface area contributed by atoms with Gasteiger partial charge in [0, 0.05) is 30.7 Å². The molecule has 0 saturated carbocycles. The SMILES string of the molecule is CNc1ccc(-c2ncccn2)cc1. The minimum atomic E-state index is 0.759. The van der Waals surface area contributed by atoms with Crippen molar-refractivity contribution in [3.8, 4) is 11.4 Å². The van der Waals surface area contributed by atoms with Crippen molar-refractivity contribution >= 4 is 5.69 Å². The van der Waals surface area contributed by atoms with Crippen LogP contribution in [0.15, 0.2) is 42.7 Å². The van der Waals surface area contributed by atoms with Crippen LogP contribution >= 0.6 is 0 Å².